The van der Waals surface area contributed by atoms with Crippen LogP contribution in [0.25, 0.3) is 0 Å². The Balaban J connectivity index is 1.98. The fraction of sp³-hybridized carbons (Fsp3) is 0.176. The van der Waals surface area contributed by atoms with Crippen LogP contribution in [0, 0.1) is 0 Å². The number of rotatable bonds is 5. The van der Waals surface area contributed by atoms with Crippen LogP contribution in [0.1, 0.15) is 17.3 Å². The van der Waals surface area contributed by atoms with Gasteiger partial charge in [0.15, 0.2) is 0 Å². The summed E-state index contributed by atoms with van der Waals surface area (Å²) < 4.78 is 5.05. The quantitative estimate of drug-likeness (QED) is 0.846. The van der Waals surface area contributed by atoms with Crippen LogP contribution in [0.4, 0.5) is 5.69 Å². The van der Waals surface area contributed by atoms with Crippen molar-refractivity contribution in [1.29, 1.82) is 0 Å². The normalized spacial score (nSPS) is 11.5. The first-order valence-electron chi connectivity index (χ1n) is 7.11. The standard InChI is InChI=1S/C17H16Cl2N2O3/c1-10(20-17(23)11-3-5-12(18)6-4-11)16(22)21-13-7-8-15(24-2)14(19)9-13/h3-10H,1-2H3,(H,20,23)(H,21,22). The zero-order valence-corrected chi connectivity index (χ0v) is 14.6. The van der Waals surface area contributed by atoms with Crippen molar-refractivity contribution in [3.63, 3.8) is 0 Å². The van der Waals surface area contributed by atoms with E-state index in [-0.39, 0.29) is 11.8 Å². The second-order valence-electron chi connectivity index (χ2n) is 5.04. The minimum absolute atomic E-state index is 0.359. The topological polar surface area (TPSA) is 67.4 Å². The molecule has 0 heterocycles. The summed E-state index contributed by atoms with van der Waals surface area (Å²) in [6.07, 6.45) is 0. The Morgan fingerprint density at radius 1 is 1.08 bits per heavy atom. The average molecular weight is 367 g/mol. The van der Waals surface area contributed by atoms with Gasteiger partial charge in [-0.3, -0.25) is 9.59 Å². The monoisotopic (exact) mass is 366 g/mol. The number of halogens is 2. The number of hydrogen-bond acceptors (Lipinski definition) is 3. The third-order valence-electron chi connectivity index (χ3n) is 3.27. The first-order chi connectivity index (χ1) is 11.4. The number of hydrogen-bond donors (Lipinski definition) is 2. The largest absolute Gasteiger partial charge is 0.495 e. The molecule has 1 atom stereocenters. The van der Waals surface area contributed by atoms with Crippen molar-refractivity contribution >= 4 is 40.7 Å². The molecule has 0 radical (unpaired) electrons. The van der Waals surface area contributed by atoms with Crippen molar-refractivity contribution in [2.45, 2.75) is 13.0 Å². The van der Waals surface area contributed by atoms with Gasteiger partial charge in [0.25, 0.3) is 5.91 Å². The van der Waals surface area contributed by atoms with Crippen LogP contribution in [-0.4, -0.2) is 25.0 Å². The van der Waals surface area contributed by atoms with E-state index in [1.54, 1.807) is 49.4 Å². The maximum Gasteiger partial charge on any atom is 0.251 e. The number of carbonyl (C=O) groups excluding carboxylic acids is 2. The van der Waals surface area contributed by atoms with E-state index in [0.29, 0.717) is 27.0 Å². The van der Waals surface area contributed by atoms with Crippen molar-refractivity contribution in [2.75, 3.05) is 12.4 Å². The first-order valence-corrected chi connectivity index (χ1v) is 7.87. The number of amides is 2. The molecule has 0 bridgehead atoms. The predicted octanol–water partition coefficient (Wildman–Crippen LogP) is 3.76. The van der Waals surface area contributed by atoms with Gasteiger partial charge in [-0.25, -0.2) is 0 Å². The van der Waals surface area contributed by atoms with Gasteiger partial charge < -0.3 is 15.4 Å². The molecule has 7 heteroatoms. The molecule has 0 aliphatic heterocycles. The molecule has 2 amide bonds. The fourth-order valence-electron chi connectivity index (χ4n) is 1.94. The molecular formula is C17H16Cl2N2O3. The summed E-state index contributed by atoms with van der Waals surface area (Å²) in [4.78, 5) is 24.3. The zero-order chi connectivity index (χ0) is 17.7. The molecule has 5 nitrogen and oxygen atoms in total. The SMILES string of the molecule is COc1ccc(NC(=O)C(C)NC(=O)c2ccc(Cl)cc2)cc1Cl. The minimum atomic E-state index is -0.728. The molecule has 24 heavy (non-hydrogen) atoms. The predicted molar refractivity (Wildman–Crippen MR) is 95.0 cm³/mol. The number of anilines is 1. The summed E-state index contributed by atoms with van der Waals surface area (Å²) >= 11 is 11.8. The lowest BCUT2D eigenvalue weighted by molar-refractivity contribution is -0.117. The van der Waals surface area contributed by atoms with Gasteiger partial charge >= 0.3 is 0 Å². The van der Waals surface area contributed by atoms with Crippen molar-refractivity contribution < 1.29 is 14.3 Å². The third-order valence-corrected chi connectivity index (χ3v) is 3.81. The smallest absolute Gasteiger partial charge is 0.251 e. The van der Waals surface area contributed by atoms with Crippen LogP contribution in [0.5, 0.6) is 5.75 Å². The molecule has 2 rings (SSSR count). The van der Waals surface area contributed by atoms with Crippen LogP contribution in [-0.2, 0) is 4.79 Å². The van der Waals surface area contributed by atoms with Gasteiger partial charge in [-0.15, -0.1) is 0 Å². The molecule has 2 N–H and O–H groups in total. The summed E-state index contributed by atoms with van der Waals surface area (Å²) in [5, 5.41) is 6.22. The lowest BCUT2D eigenvalue weighted by atomic mass is 10.2. The summed E-state index contributed by atoms with van der Waals surface area (Å²) in [5.74, 6) is -0.209. The van der Waals surface area contributed by atoms with Crippen LogP contribution >= 0.6 is 23.2 Å². The van der Waals surface area contributed by atoms with Crippen LogP contribution < -0.4 is 15.4 Å². The summed E-state index contributed by atoms with van der Waals surface area (Å²) in [5.41, 5.74) is 0.935. The van der Waals surface area contributed by atoms with E-state index in [9.17, 15) is 9.59 Å². The maximum atomic E-state index is 12.2. The van der Waals surface area contributed by atoms with Crippen molar-refractivity contribution in [3.05, 3.63) is 58.1 Å². The van der Waals surface area contributed by atoms with Gasteiger partial charge in [-0.1, -0.05) is 23.2 Å². The van der Waals surface area contributed by atoms with Gasteiger partial charge in [0, 0.05) is 16.3 Å². The third kappa shape index (κ3) is 4.63. The van der Waals surface area contributed by atoms with Crippen molar-refractivity contribution in [2.24, 2.45) is 0 Å². The second kappa shape index (κ2) is 8.04. The lowest BCUT2D eigenvalue weighted by Crippen LogP contribution is -2.41. The number of methoxy groups -OCH3 is 1. The molecule has 0 fully saturated rings. The molecule has 2 aromatic rings. The Morgan fingerprint density at radius 3 is 2.33 bits per heavy atom. The van der Waals surface area contributed by atoms with Gasteiger partial charge in [-0.2, -0.15) is 0 Å². The average Bonchev–Trinajstić information content (AvgIpc) is 2.55. The van der Waals surface area contributed by atoms with Gasteiger partial charge in [0.2, 0.25) is 5.91 Å². The molecule has 0 aromatic heterocycles. The van der Waals surface area contributed by atoms with E-state index in [0.717, 1.165) is 0 Å². The van der Waals surface area contributed by atoms with Gasteiger partial charge in [0.05, 0.1) is 12.1 Å². The second-order valence-corrected chi connectivity index (χ2v) is 5.88. The molecule has 0 saturated carbocycles. The Morgan fingerprint density at radius 2 is 1.75 bits per heavy atom. The summed E-state index contributed by atoms with van der Waals surface area (Å²) in [7, 11) is 1.51. The molecule has 2 aromatic carbocycles. The van der Waals surface area contributed by atoms with E-state index in [1.165, 1.54) is 7.11 Å². The molecule has 126 valence electrons. The zero-order valence-electron chi connectivity index (χ0n) is 13.1. The first kappa shape index (κ1) is 18.1. The number of nitrogens with one attached hydrogen (secondary N) is 2. The van der Waals surface area contributed by atoms with E-state index >= 15 is 0 Å². The highest BCUT2D eigenvalue weighted by Crippen LogP contribution is 2.27. The van der Waals surface area contributed by atoms with Crippen LogP contribution in [0.2, 0.25) is 10.0 Å². The molecule has 0 aliphatic carbocycles. The minimum Gasteiger partial charge on any atom is -0.495 e. The van der Waals surface area contributed by atoms with E-state index in [1.807, 2.05) is 0 Å². The van der Waals surface area contributed by atoms with Crippen molar-refractivity contribution in [1.82, 2.24) is 5.32 Å². The Hall–Kier alpha value is -2.24. The number of ether oxygens (including phenoxy) is 1. The van der Waals surface area contributed by atoms with E-state index in [2.05, 4.69) is 10.6 Å². The summed E-state index contributed by atoms with van der Waals surface area (Å²) in [6.45, 7) is 1.59. The lowest BCUT2D eigenvalue weighted by Gasteiger charge is -2.15. The molecule has 0 saturated heterocycles. The van der Waals surface area contributed by atoms with Gasteiger partial charge in [-0.05, 0) is 49.4 Å². The highest BCUT2D eigenvalue weighted by molar-refractivity contribution is 6.32. The molecular weight excluding hydrogens is 351 g/mol. The Labute approximate surface area is 149 Å². The fourth-order valence-corrected chi connectivity index (χ4v) is 2.33. The molecule has 0 spiro atoms. The molecule has 0 aliphatic rings. The highest BCUT2D eigenvalue weighted by Gasteiger charge is 2.17. The van der Waals surface area contributed by atoms with Crippen molar-refractivity contribution in [3.8, 4) is 5.75 Å². The number of benzene rings is 2. The molecule has 1 unspecified atom stereocenters. The van der Waals surface area contributed by atoms with E-state index < -0.39 is 6.04 Å². The Kier molecular flexibility index (Phi) is 6.06. The van der Waals surface area contributed by atoms with Gasteiger partial charge in [0.1, 0.15) is 11.8 Å². The summed E-state index contributed by atoms with van der Waals surface area (Å²) in [6, 6.07) is 10.6. The number of carbonyl (C=O) groups is 2. The van der Waals surface area contributed by atoms with Crippen LogP contribution in [0.15, 0.2) is 42.5 Å². The van der Waals surface area contributed by atoms with Crippen LogP contribution in [0.3, 0.4) is 0 Å². The maximum absolute atomic E-state index is 12.2. The van der Waals surface area contributed by atoms with E-state index in [4.69, 9.17) is 27.9 Å². The Bertz CT molecular complexity index is 748. The highest BCUT2D eigenvalue weighted by atomic mass is 35.5.